The molecule has 2 aromatic rings. The van der Waals surface area contributed by atoms with E-state index in [0.717, 1.165) is 54.6 Å². The molecule has 0 saturated carbocycles. The molecule has 0 aromatic heterocycles. The molecule has 0 spiro atoms. The van der Waals surface area contributed by atoms with E-state index in [-0.39, 0.29) is 18.4 Å². The van der Waals surface area contributed by atoms with E-state index >= 15 is 0 Å². The highest BCUT2D eigenvalue weighted by Gasteiger charge is 2.23. The highest BCUT2D eigenvalue weighted by atomic mass is 35.5. The summed E-state index contributed by atoms with van der Waals surface area (Å²) in [5, 5.41) is 6.36. The van der Waals surface area contributed by atoms with Crippen LogP contribution in [-0.4, -0.2) is 51.1 Å². The molecule has 0 aliphatic carbocycles. The number of hydrogen-bond acceptors (Lipinski definition) is 3. The quantitative estimate of drug-likeness (QED) is 0.627. The minimum atomic E-state index is -0.208. The number of nitrogens with one attached hydrogen (secondary N) is 3. The summed E-state index contributed by atoms with van der Waals surface area (Å²) in [7, 11) is 0. The van der Waals surface area contributed by atoms with Crippen molar-refractivity contribution in [1.82, 2.24) is 5.32 Å². The summed E-state index contributed by atoms with van der Waals surface area (Å²) < 4.78 is 0. The van der Waals surface area contributed by atoms with Crippen LogP contribution in [0.5, 0.6) is 0 Å². The Bertz CT molecular complexity index is 895. The molecular formula is C23H30ClN4O2+. The topological polar surface area (TPSA) is 65.9 Å². The number of nitrogens with zero attached hydrogens (tertiary/aromatic N) is 1. The van der Waals surface area contributed by atoms with E-state index in [2.05, 4.69) is 22.5 Å². The van der Waals surface area contributed by atoms with Gasteiger partial charge < -0.3 is 20.4 Å². The molecule has 3 rings (SSSR count). The molecule has 2 aromatic carbocycles. The standard InChI is InChI=1S/C23H29ClN4O2/c1-3-18-6-4-5-7-20(18)26-22(29)15-25-23(30)16-27-10-12-28(13-11-27)21-14-19(24)9-8-17(21)2/h4-9,14H,3,10-13,15-16H2,1-2H3,(H,25,30)(H,26,29)/p+1. The van der Waals surface area contributed by atoms with Crippen LogP contribution in [0.1, 0.15) is 18.1 Å². The molecule has 160 valence electrons. The van der Waals surface area contributed by atoms with Gasteiger partial charge in [-0.3, -0.25) is 9.59 Å². The first-order chi connectivity index (χ1) is 14.5. The van der Waals surface area contributed by atoms with Crippen molar-refractivity contribution in [3.05, 3.63) is 58.6 Å². The number of carbonyl (C=O) groups is 2. The lowest BCUT2D eigenvalue weighted by atomic mass is 10.1. The minimum absolute atomic E-state index is 0.0159. The molecule has 3 N–H and O–H groups in total. The Labute approximate surface area is 183 Å². The third-order valence-electron chi connectivity index (χ3n) is 5.51. The number of halogens is 1. The van der Waals surface area contributed by atoms with Crippen LogP contribution >= 0.6 is 11.6 Å². The SMILES string of the molecule is CCc1ccccc1NC(=O)CNC(=O)C[NH+]1CCN(c2cc(Cl)ccc2C)CC1. The molecule has 1 aliphatic rings. The van der Waals surface area contributed by atoms with Crippen molar-refractivity contribution in [3.8, 4) is 0 Å². The predicted octanol–water partition coefficient (Wildman–Crippen LogP) is 1.67. The molecule has 6 nitrogen and oxygen atoms in total. The number of benzene rings is 2. The third kappa shape index (κ3) is 5.97. The van der Waals surface area contributed by atoms with Crippen molar-refractivity contribution in [3.63, 3.8) is 0 Å². The summed E-state index contributed by atoms with van der Waals surface area (Å²) in [5.74, 6) is -0.309. The zero-order chi connectivity index (χ0) is 21.5. The fraction of sp³-hybridized carbons (Fsp3) is 0.391. The Hall–Kier alpha value is -2.57. The van der Waals surface area contributed by atoms with Crippen LogP contribution in [0.3, 0.4) is 0 Å². The Morgan fingerprint density at radius 2 is 1.83 bits per heavy atom. The summed E-state index contributed by atoms with van der Waals surface area (Å²) in [5.41, 5.74) is 4.25. The lowest BCUT2D eigenvalue weighted by Gasteiger charge is -2.34. The highest BCUT2D eigenvalue weighted by molar-refractivity contribution is 6.30. The predicted molar refractivity (Wildman–Crippen MR) is 121 cm³/mol. The van der Waals surface area contributed by atoms with E-state index in [4.69, 9.17) is 11.6 Å². The van der Waals surface area contributed by atoms with E-state index < -0.39 is 0 Å². The van der Waals surface area contributed by atoms with Crippen molar-refractivity contribution in [2.75, 3.05) is 49.5 Å². The van der Waals surface area contributed by atoms with Gasteiger partial charge in [0.25, 0.3) is 5.91 Å². The van der Waals surface area contributed by atoms with Gasteiger partial charge in [-0.2, -0.15) is 0 Å². The van der Waals surface area contributed by atoms with Gasteiger partial charge in [0.15, 0.2) is 6.54 Å². The molecule has 0 atom stereocenters. The second-order valence-electron chi connectivity index (χ2n) is 7.68. The number of piperazine rings is 1. The summed E-state index contributed by atoms with van der Waals surface area (Å²) in [6, 6.07) is 13.7. The smallest absolute Gasteiger partial charge is 0.275 e. The molecule has 30 heavy (non-hydrogen) atoms. The van der Waals surface area contributed by atoms with E-state index in [0.29, 0.717) is 6.54 Å². The maximum Gasteiger partial charge on any atom is 0.275 e. The monoisotopic (exact) mass is 429 g/mol. The zero-order valence-electron chi connectivity index (χ0n) is 17.6. The van der Waals surface area contributed by atoms with Crippen LogP contribution in [0.15, 0.2) is 42.5 Å². The van der Waals surface area contributed by atoms with Gasteiger partial charge in [0.2, 0.25) is 5.91 Å². The van der Waals surface area contributed by atoms with Gasteiger partial charge in [0.1, 0.15) is 0 Å². The van der Waals surface area contributed by atoms with Gasteiger partial charge in [-0.25, -0.2) is 0 Å². The largest absolute Gasteiger partial charge is 0.360 e. The third-order valence-corrected chi connectivity index (χ3v) is 5.75. The molecule has 0 unspecified atom stereocenters. The van der Waals surface area contributed by atoms with Crippen LogP contribution < -0.4 is 20.4 Å². The van der Waals surface area contributed by atoms with Gasteiger partial charge >= 0.3 is 0 Å². The van der Waals surface area contributed by atoms with Crippen LogP contribution in [-0.2, 0) is 16.0 Å². The minimum Gasteiger partial charge on any atom is -0.360 e. The van der Waals surface area contributed by atoms with Crippen LogP contribution in [0, 0.1) is 6.92 Å². The maximum absolute atomic E-state index is 12.3. The van der Waals surface area contributed by atoms with Crippen molar-refractivity contribution in [2.45, 2.75) is 20.3 Å². The molecule has 1 fully saturated rings. The number of amides is 2. The summed E-state index contributed by atoms with van der Waals surface area (Å²) in [6.07, 6.45) is 0.840. The van der Waals surface area contributed by atoms with E-state index in [1.165, 1.54) is 10.5 Å². The summed E-state index contributed by atoms with van der Waals surface area (Å²) in [6.45, 7) is 7.98. The van der Waals surface area contributed by atoms with Gasteiger partial charge in [0, 0.05) is 16.4 Å². The molecule has 0 radical (unpaired) electrons. The molecule has 2 amide bonds. The summed E-state index contributed by atoms with van der Waals surface area (Å²) >= 11 is 6.14. The molecular weight excluding hydrogens is 400 g/mol. The number of aryl methyl sites for hydroxylation is 2. The summed E-state index contributed by atoms with van der Waals surface area (Å²) in [4.78, 5) is 28.0. The van der Waals surface area contributed by atoms with Gasteiger partial charge in [0.05, 0.1) is 32.7 Å². The Morgan fingerprint density at radius 3 is 2.57 bits per heavy atom. The number of carbonyl (C=O) groups excluding carboxylic acids is 2. The number of para-hydroxylation sites is 1. The zero-order valence-corrected chi connectivity index (χ0v) is 18.4. The first-order valence-electron chi connectivity index (χ1n) is 10.5. The van der Waals surface area contributed by atoms with Crippen molar-refractivity contribution < 1.29 is 14.5 Å². The Kier molecular flexibility index (Phi) is 7.71. The van der Waals surface area contributed by atoms with Crippen LogP contribution in [0.4, 0.5) is 11.4 Å². The Balaban J connectivity index is 1.41. The van der Waals surface area contributed by atoms with Gasteiger partial charge in [-0.15, -0.1) is 0 Å². The molecule has 0 bridgehead atoms. The number of hydrogen-bond donors (Lipinski definition) is 3. The normalized spacial score (nSPS) is 14.4. The van der Waals surface area contributed by atoms with E-state index in [9.17, 15) is 9.59 Å². The first-order valence-corrected chi connectivity index (χ1v) is 10.8. The number of anilines is 2. The number of quaternary nitrogens is 1. The fourth-order valence-electron chi connectivity index (χ4n) is 3.78. The van der Waals surface area contributed by atoms with E-state index in [1.54, 1.807) is 0 Å². The van der Waals surface area contributed by atoms with Crippen LogP contribution in [0.2, 0.25) is 5.02 Å². The van der Waals surface area contributed by atoms with Gasteiger partial charge in [-0.1, -0.05) is 42.8 Å². The molecule has 7 heteroatoms. The fourth-order valence-corrected chi connectivity index (χ4v) is 3.94. The first kappa shape index (κ1) is 22.1. The molecule has 1 saturated heterocycles. The van der Waals surface area contributed by atoms with Crippen molar-refractivity contribution in [2.24, 2.45) is 0 Å². The number of rotatable bonds is 7. The second-order valence-corrected chi connectivity index (χ2v) is 8.12. The average Bonchev–Trinajstić information content (AvgIpc) is 2.75. The average molecular weight is 430 g/mol. The van der Waals surface area contributed by atoms with Gasteiger partial charge in [-0.05, 0) is 42.7 Å². The highest BCUT2D eigenvalue weighted by Crippen LogP contribution is 2.24. The van der Waals surface area contributed by atoms with Crippen molar-refractivity contribution >= 4 is 34.8 Å². The molecule has 1 heterocycles. The Morgan fingerprint density at radius 1 is 1.10 bits per heavy atom. The maximum atomic E-state index is 12.3. The lowest BCUT2D eigenvalue weighted by Crippen LogP contribution is -3.16. The van der Waals surface area contributed by atoms with E-state index in [1.807, 2.05) is 49.4 Å². The second kappa shape index (κ2) is 10.5. The lowest BCUT2D eigenvalue weighted by molar-refractivity contribution is -0.892. The van der Waals surface area contributed by atoms with Crippen LogP contribution in [0.25, 0.3) is 0 Å². The van der Waals surface area contributed by atoms with Crippen molar-refractivity contribution in [1.29, 1.82) is 0 Å². The molecule has 1 aliphatic heterocycles.